The normalized spacial score (nSPS) is 17.9. The molecule has 21 heteroatoms. The molecule has 1 rings (SSSR count). The van der Waals surface area contributed by atoms with E-state index in [1.54, 1.807) is 0 Å². The molecule has 0 saturated heterocycles. The second-order valence-corrected chi connectivity index (χ2v) is 35.9. The zero-order valence-corrected chi connectivity index (χ0v) is 49.0. The molecule has 0 amide bonds. The second kappa shape index (κ2) is 41.4. The average molecular weight is 1070 g/mol. The van der Waals surface area contributed by atoms with E-state index >= 15 is 0 Å². The van der Waals surface area contributed by atoms with Crippen LogP contribution < -0.4 is 0 Å². The Bertz CT molecular complexity index is 918. The average Bonchev–Trinajstić information content (AvgIpc) is 3.22. The van der Waals surface area contributed by atoms with Crippen LogP contribution in [0.15, 0.2) is 0 Å². The fourth-order valence-corrected chi connectivity index (χ4v) is 29.6. The third-order valence-corrected chi connectivity index (χ3v) is 33.5. The van der Waals surface area contributed by atoms with Crippen LogP contribution in [-0.2, 0) is 39.8 Å². The first-order valence-electron chi connectivity index (χ1n) is 22.8. The second-order valence-electron chi connectivity index (χ2n) is 14.0. The van der Waals surface area contributed by atoms with E-state index in [9.17, 15) is 0 Å². The summed E-state index contributed by atoms with van der Waals surface area (Å²) in [5.41, 5.74) is 0. The van der Waals surface area contributed by atoms with E-state index in [-0.39, 0.29) is 0 Å². The van der Waals surface area contributed by atoms with Gasteiger partial charge in [0.05, 0.1) is 0 Å². The molecule has 9 nitrogen and oxygen atoms in total. The van der Waals surface area contributed by atoms with Gasteiger partial charge in [-0.2, -0.15) is 11.8 Å². The summed E-state index contributed by atoms with van der Waals surface area (Å²) in [4.78, 5) is 0. The highest BCUT2D eigenvalue weighted by atomic mass is 33.7. The van der Waals surface area contributed by atoms with Crippen molar-refractivity contribution in [3.8, 4) is 0 Å². The molecule has 1 saturated carbocycles. The molecule has 0 aromatic heterocycles. The van der Waals surface area contributed by atoms with Crippen LogP contribution in [0.1, 0.15) is 120 Å². The van der Waals surface area contributed by atoms with E-state index in [1.807, 2.05) is 145 Å². The van der Waals surface area contributed by atoms with Crippen LogP contribution in [-0.4, -0.2) is 120 Å². The Hall–Kier alpha value is 3.44. The lowest BCUT2D eigenvalue weighted by atomic mass is 9.71. The standard InChI is InChI=1S/C39H84O9S9Si3/c1-10-40-58(41-11-2,42-12-3)33-19-27-49-30-25-39-36-37(24-31-52-56-54-50-28-20-34-59(43-13-4,44-14-5)45-15-6)22-23-38(39)26-32-53-57-55-51-29-21-35-60(46-16-7,47-17-8)48-18-9/h37-39H,10-36H2,1-9H3. The Labute approximate surface area is 406 Å². The first-order chi connectivity index (χ1) is 29.3. The van der Waals surface area contributed by atoms with Gasteiger partial charge < -0.3 is 39.8 Å². The van der Waals surface area contributed by atoms with E-state index in [4.69, 9.17) is 39.8 Å². The van der Waals surface area contributed by atoms with Gasteiger partial charge in [0, 0.05) is 101 Å². The number of hydrogen-bond donors (Lipinski definition) is 0. The molecule has 60 heavy (non-hydrogen) atoms. The van der Waals surface area contributed by atoms with Crippen molar-refractivity contribution in [2.45, 2.75) is 138 Å². The maximum Gasteiger partial charge on any atom is 0.500 e. The van der Waals surface area contributed by atoms with Crippen molar-refractivity contribution < 1.29 is 39.8 Å². The zero-order valence-electron chi connectivity index (χ0n) is 38.7. The quantitative estimate of drug-likeness (QED) is 0.0329. The van der Waals surface area contributed by atoms with Crippen LogP contribution in [0.5, 0.6) is 0 Å². The lowest BCUT2D eigenvalue weighted by molar-refractivity contribution is 0.0704. The summed E-state index contributed by atoms with van der Waals surface area (Å²) in [6.07, 6.45) is 11.4. The van der Waals surface area contributed by atoms with E-state index in [0.717, 1.165) is 72.4 Å². The fourth-order valence-electron chi connectivity index (χ4n) is 7.48. The van der Waals surface area contributed by atoms with Crippen molar-refractivity contribution in [2.24, 2.45) is 17.8 Å². The summed E-state index contributed by atoms with van der Waals surface area (Å²) < 4.78 is 54.5. The monoisotopic (exact) mass is 1070 g/mol. The summed E-state index contributed by atoms with van der Waals surface area (Å²) in [6.45, 7) is 24.1. The first-order valence-corrected chi connectivity index (χ1v) is 40.0. The molecule has 360 valence electrons. The highest BCUT2D eigenvalue weighted by Gasteiger charge is 2.41. The maximum atomic E-state index is 6.11. The Morgan fingerprint density at radius 1 is 0.367 bits per heavy atom. The van der Waals surface area contributed by atoms with Gasteiger partial charge in [0.1, 0.15) is 0 Å². The molecule has 0 aliphatic heterocycles. The van der Waals surface area contributed by atoms with Gasteiger partial charge in [-0.25, -0.2) is 0 Å². The molecule has 0 N–H and O–H groups in total. The van der Waals surface area contributed by atoms with Crippen LogP contribution in [0.3, 0.4) is 0 Å². The molecule has 0 radical (unpaired) electrons. The van der Waals surface area contributed by atoms with Crippen LogP contribution in [0, 0.1) is 17.8 Å². The molecular weight excluding hydrogens is 985 g/mol. The molecule has 0 aromatic rings. The highest BCUT2D eigenvalue weighted by Crippen LogP contribution is 2.47. The van der Waals surface area contributed by atoms with Crippen LogP contribution in [0.25, 0.3) is 0 Å². The summed E-state index contributed by atoms with van der Waals surface area (Å²) in [6, 6.07) is 2.70. The summed E-state index contributed by atoms with van der Waals surface area (Å²) in [5, 5.41) is 0. The van der Waals surface area contributed by atoms with Crippen molar-refractivity contribution >= 4 is 121 Å². The van der Waals surface area contributed by atoms with Gasteiger partial charge in [-0.05, 0) is 182 Å². The van der Waals surface area contributed by atoms with Crippen molar-refractivity contribution in [3.63, 3.8) is 0 Å². The van der Waals surface area contributed by atoms with E-state index in [1.165, 1.54) is 55.8 Å². The third kappa shape index (κ3) is 28.7. The molecule has 3 atom stereocenters. The van der Waals surface area contributed by atoms with Gasteiger partial charge in [0.25, 0.3) is 0 Å². The predicted molar refractivity (Wildman–Crippen MR) is 286 cm³/mol. The molecule has 1 aliphatic carbocycles. The molecule has 0 bridgehead atoms. The minimum atomic E-state index is -2.55. The SMILES string of the molecule is CCO[Si](CCCSCCC1CC(CCSSSSCCC[Si](OCC)(OCC)OCC)CCC1CCSSSSCCC[Si](OCC)(OCC)OCC)(OCC)OCC. The van der Waals surface area contributed by atoms with Crippen LogP contribution >= 0.6 is 94.2 Å². The first kappa shape index (κ1) is 61.5. The summed E-state index contributed by atoms with van der Waals surface area (Å²) in [7, 11) is 8.16. The minimum Gasteiger partial charge on any atom is -0.374 e. The van der Waals surface area contributed by atoms with E-state index in [2.05, 4.69) is 11.8 Å². The molecule has 1 fully saturated rings. The van der Waals surface area contributed by atoms with Gasteiger partial charge >= 0.3 is 26.4 Å². The lowest BCUT2D eigenvalue weighted by Gasteiger charge is -2.36. The van der Waals surface area contributed by atoms with Crippen molar-refractivity contribution in [1.29, 1.82) is 0 Å². The Morgan fingerprint density at radius 2 is 0.700 bits per heavy atom. The van der Waals surface area contributed by atoms with E-state index in [0.29, 0.717) is 59.5 Å². The fraction of sp³-hybridized carbons (Fsp3) is 1.00. The van der Waals surface area contributed by atoms with Crippen molar-refractivity contribution in [1.82, 2.24) is 0 Å². The van der Waals surface area contributed by atoms with Gasteiger partial charge in [-0.3, -0.25) is 0 Å². The van der Waals surface area contributed by atoms with Gasteiger partial charge in [-0.1, -0.05) is 49.6 Å². The van der Waals surface area contributed by atoms with Crippen LogP contribution in [0.2, 0.25) is 18.1 Å². The summed E-state index contributed by atoms with van der Waals surface area (Å²) >= 11 is 2.12. The van der Waals surface area contributed by atoms with E-state index < -0.39 is 26.4 Å². The van der Waals surface area contributed by atoms with Gasteiger partial charge in [-0.15, -0.1) is 0 Å². The number of hydrogen-bond acceptors (Lipinski definition) is 18. The topological polar surface area (TPSA) is 83.1 Å². The Balaban J connectivity index is 2.53. The predicted octanol–water partition coefficient (Wildman–Crippen LogP) is 14.6. The number of rotatable bonds is 45. The molecule has 0 aromatic carbocycles. The minimum absolute atomic E-state index is 0.643. The highest BCUT2D eigenvalue weighted by molar-refractivity contribution is 9.26. The molecule has 0 heterocycles. The molecule has 0 spiro atoms. The molecule has 3 unspecified atom stereocenters. The number of thioether (sulfide) groups is 1. The van der Waals surface area contributed by atoms with Crippen LogP contribution in [0.4, 0.5) is 0 Å². The van der Waals surface area contributed by atoms with Gasteiger partial charge in [0.2, 0.25) is 0 Å². The third-order valence-electron chi connectivity index (χ3n) is 9.78. The summed E-state index contributed by atoms with van der Waals surface area (Å²) in [5.74, 6) is 9.58. The largest absolute Gasteiger partial charge is 0.500 e. The van der Waals surface area contributed by atoms with Gasteiger partial charge in [0.15, 0.2) is 0 Å². The molecule has 1 aliphatic rings. The van der Waals surface area contributed by atoms with Crippen molar-refractivity contribution in [3.05, 3.63) is 0 Å². The molecular formula is C39H84O9S9Si3. The zero-order chi connectivity index (χ0) is 44.1. The smallest absolute Gasteiger partial charge is 0.374 e. The lowest BCUT2D eigenvalue weighted by Crippen LogP contribution is -2.46. The Kier molecular flexibility index (Phi) is 42.4. The van der Waals surface area contributed by atoms with Crippen molar-refractivity contribution in [2.75, 3.05) is 94.0 Å². The Morgan fingerprint density at radius 3 is 1.08 bits per heavy atom. The maximum absolute atomic E-state index is 6.11.